The van der Waals surface area contributed by atoms with Gasteiger partial charge in [0, 0.05) is 34.7 Å². The quantitative estimate of drug-likeness (QED) is 0.146. The Kier molecular flexibility index (Phi) is 11.8. The van der Waals surface area contributed by atoms with Gasteiger partial charge in [-0.15, -0.1) is 0 Å². The molecule has 3 aliphatic carbocycles. The predicted molar refractivity (Wildman–Crippen MR) is 242 cm³/mol. The molecule has 4 aliphatic rings. The fourth-order valence-electron chi connectivity index (χ4n) is 9.87. The Morgan fingerprint density at radius 2 is 1.61 bits per heavy atom. The van der Waals surface area contributed by atoms with Crippen molar-refractivity contribution in [3.05, 3.63) is 121 Å². The van der Waals surface area contributed by atoms with Crippen LogP contribution in [0.15, 0.2) is 81.0 Å². The van der Waals surface area contributed by atoms with E-state index in [1.807, 2.05) is 92.8 Å². The molecule has 10 nitrogen and oxygen atoms in total. The van der Waals surface area contributed by atoms with E-state index in [0.717, 1.165) is 36.9 Å². The molecule has 0 radical (unpaired) electrons. The van der Waals surface area contributed by atoms with Gasteiger partial charge in [-0.1, -0.05) is 87.9 Å². The third kappa shape index (κ3) is 7.48. The van der Waals surface area contributed by atoms with E-state index >= 15 is 14.0 Å². The van der Waals surface area contributed by atoms with Crippen LogP contribution in [-0.4, -0.2) is 71.7 Å². The number of aliphatic hydroxyl groups is 1. The zero-order chi connectivity index (χ0) is 44.5. The molecule has 1 aromatic heterocycles. The van der Waals surface area contributed by atoms with Gasteiger partial charge in [-0.3, -0.25) is 19.4 Å². The molecular weight excluding hydrogens is 870 g/mol. The molecule has 0 spiro atoms. The van der Waals surface area contributed by atoms with Crippen LogP contribution in [0.5, 0.6) is 11.6 Å². The molecule has 62 heavy (non-hydrogen) atoms. The van der Waals surface area contributed by atoms with Crippen molar-refractivity contribution in [2.24, 2.45) is 11.8 Å². The number of ketones is 2. The number of halogens is 2. The number of allylic oxidation sites excluding steroid dienone is 1. The van der Waals surface area contributed by atoms with Crippen LogP contribution in [0.3, 0.4) is 0 Å². The summed E-state index contributed by atoms with van der Waals surface area (Å²) >= 11 is 3.76. The summed E-state index contributed by atoms with van der Waals surface area (Å²) in [5.41, 5.74) is 0.443. The van der Waals surface area contributed by atoms with Crippen molar-refractivity contribution in [1.82, 2.24) is 15.0 Å². The predicted octanol–water partition coefficient (Wildman–Crippen LogP) is 10.9. The summed E-state index contributed by atoms with van der Waals surface area (Å²) in [5, 5.41) is 17.1. The average molecular weight is 929 g/mol. The number of aromatic nitrogens is 1. The highest BCUT2D eigenvalue weighted by molar-refractivity contribution is 9.10. The van der Waals surface area contributed by atoms with E-state index in [9.17, 15) is 5.11 Å². The third-order valence-electron chi connectivity index (χ3n) is 14.3. The van der Waals surface area contributed by atoms with Crippen molar-refractivity contribution in [3.63, 3.8) is 0 Å². The van der Waals surface area contributed by atoms with E-state index in [1.165, 1.54) is 0 Å². The summed E-state index contributed by atoms with van der Waals surface area (Å²) in [5.74, 6) is -2.93. The van der Waals surface area contributed by atoms with E-state index in [1.54, 1.807) is 0 Å². The fraction of sp³-hybridized carbons (Fsp3) is 0.490. The molecule has 1 N–H and O–H groups in total. The molecule has 13 heteroatoms. The Balaban J connectivity index is 1.32. The first-order valence-electron chi connectivity index (χ1n) is 21.8. The van der Waals surface area contributed by atoms with Gasteiger partial charge >= 0.3 is 0 Å². The van der Waals surface area contributed by atoms with Crippen molar-refractivity contribution in [2.45, 2.75) is 122 Å². The van der Waals surface area contributed by atoms with E-state index in [4.69, 9.17) is 18.4 Å². The monoisotopic (exact) mass is 927 g/mol. The van der Waals surface area contributed by atoms with Gasteiger partial charge in [0.15, 0.2) is 25.5 Å². The number of nitrogens with zero attached hydrogens (tertiary/aromatic N) is 3. The molecule has 0 saturated carbocycles. The van der Waals surface area contributed by atoms with Crippen molar-refractivity contribution in [3.8, 4) is 11.6 Å². The zero-order valence-electron chi connectivity index (χ0n) is 37.4. The van der Waals surface area contributed by atoms with Gasteiger partial charge in [-0.25, -0.2) is 4.39 Å². The van der Waals surface area contributed by atoms with Gasteiger partial charge < -0.3 is 23.5 Å². The number of benzene rings is 3. The summed E-state index contributed by atoms with van der Waals surface area (Å²) in [6.45, 7) is 16.0. The Morgan fingerprint density at radius 3 is 2.21 bits per heavy atom. The average Bonchev–Trinajstić information content (AvgIpc) is 3.64. The molecule has 8 rings (SSSR count). The van der Waals surface area contributed by atoms with Gasteiger partial charge in [0.1, 0.15) is 36.1 Å². The summed E-state index contributed by atoms with van der Waals surface area (Å²) < 4.78 is 44.1. The second kappa shape index (κ2) is 16.4. The first kappa shape index (κ1) is 44.5. The van der Waals surface area contributed by atoms with Crippen LogP contribution in [0.1, 0.15) is 115 Å². The highest BCUT2D eigenvalue weighted by Gasteiger charge is 2.67. The van der Waals surface area contributed by atoms with Crippen molar-refractivity contribution < 1.29 is 37.5 Å². The molecule has 4 aromatic rings. The number of rotatable bonds is 11. The molecule has 0 unspecified atom stereocenters. The number of ether oxygens (including phenoxy) is 2. The van der Waals surface area contributed by atoms with Crippen LogP contribution in [0, 0.1) is 17.7 Å². The Hall–Kier alpha value is -4.14. The summed E-state index contributed by atoms with van der Waals surface area (Å²) in [4.78, 5) is 35.5. The number of hydrogen-bond donors (Lipinski definition) is 1. The first-order chi connectivity index (χ1) is 29.3. The zero-order valence-corrected chi connectivity index (χ0v) is 39.9. The normalized spacial score (nSPS) is 23.8. The van der Waals surface area contributed by atoms with Gasteiger partial charge in [0.2, 0.25) is 5.78 Å². The number of carbonyl (C=O) groups excluding carboxylic acids is 2. The number of Topliss-reactive ketones (excluding diaryl/α,β-unsaturated/α-hetero) is 2. The second-order valence-corrected chi connectivity index (χ2v) is 25.4. The molecule has 1 aliphatic heterocycles. The molecular formula is C49H59BrFN3O7Si. The highest BCUT2D eigenvalue weighted by Crippen LogP contribution is 2.60. The van der Waals surface area contributed by atoms with Crippen LogP contribution >= 0.6 is 15.9 Å². The minimum absolute atomic E-state index is 0.00962. The lowest BCUT2D eigenvalue weighted by atomic mass is 9.58. The first-order valence-corrected chi connectivity index (χ1v) is 25.5. The number of carbonyl (C=O) groups is 2. The molecule has 1 saturated heterocycles. The Bertz CT molecular complexity index is 2410. The Labute approximate surface area is 374 Å². The molecule has 1 fully saturated rings. The van der Waals surface area contributed by atoms with E-state index < -0.39 is 60.0 Å². The van der Waals surface area contributed by atoms with Gasteiger partial charge in [-0.2, -0.15) is 0 Å². The summed E-state index contributed by atoms with van der Waals surface area (Å²) in [6, 6.07) is 18.5. The lowest BCUT2D eigenvalue weighted by molar-refractivity contribution is -0.0481. The minimum atomic E-state index is -2.95. The van der Waals surface area contributed by atoms with Gasteiger partial charge in [-0.05, 0) is 116 Å². The number of piperidine rings is 1. The van der Waals surface area contributed by atoms with E-state index in [2.05, 4.69) is 60.6 Å². The summed E-state index contributed by atoms with van der Waals surface area (Å²) in [6.07, 6.45) is 3.43. The lowest BCUT2D eigenvalue weighted by Gasteiger charge is -2.55. The number of likely N-dealkylation sites (tertiary alicyclic amines) is 1. The molecule has 0 amide bonds. The minimum Gasteiger partial charge on any atom is -0.508 e. The molecule has 0 bridgehead atoms. The van der Waals surface area contributed by atoms with Gasteiger partial charge in [0.25, 0.3) is 5.88 Å². The van der Waals surface area contributed by atoms with Crippen molar-refractivity contribution in [1.29, 1.82) is 0 Å². The smallest absolute Gasteiger partial charge is 0.265 e. The maximum atomic E-state index is 17.6. The van der Waals surface area contributed by atoms with Crippen LogP contribution in [0.4, 0.5) is 4.39 Å². The molecule has 2 heterocycles. The maximum Gasteiger partial charge on any atom is 0.265 e. The van der Waals surface area contributed by atoms with Gasteiger partial charge in [0.05, 0.1) is 16.1 Å². The fourth-order valence-corrected chi connectivity index (χ4v) is 11.9. The largest absolute Gasteiger partial charge is 0.508 e. The standard InChI is InChI=1S/C49H59BrFN3O7Si/c1-47(2,3)62(8,9)61-49-34(40(53(6)7)43-37(45(49)57)46(52-60-43)59-28-30-20-14-11-15-21-30)25-31-24-32-36(41(55)35(31)44(49)56)42(58-27-29-18-12-10-13-19-29)38(50)33(39(32)51)26-54-23-17-16-22-48(54,4)5/h10-15,18-21,31,34,40,56H,16-17,22-28H2,1-9H3/t31-,34-,40-,49-/m0/s1. The molecule has 330 valence electrons. The van der Waals surface area contributed by atoms with Crippen molar-refractivity contribution in [2.75, 3.05) is 20.6 Å². The lowest BCUT2D eigenvalue weighted by Crippen LogP contribution is -2.65. The highest BCUT2D eigenvalue weighted by atomic mass is 79.9. The number of fused-ring (bicyclic) bond motifs is 4. The topological polar surface area (TPSA) is 115 Å². The molecule has 4 atom stereocenters. The number of hydrogen-bond acceptors (Lipinski definition) is 10. The Morgan fingerprint density at radius 1 is 0.984 bits per heavy atom. The van der Waals surface area contributed by atoms with E-state index in [0.29, 0.717) is 22.3 Å². The molecule has 3 aromatic carbocycles. The van der Waals surface area contributed by atoms with Crippen LogP contribution < -0.4 is 9.47 Å². The van der Waals surface area contributed by atoms with Crippen LogP contribution in [0.25, 0.3) is 0 Å². The second-order valence-electron chi connectivity index (χ2n) is 19.9. The summed E-state index contributed by atoms with van der Waals surface area (Å²) in [7, 11) is 0.815. The van der Waals surface area contributed by atoms with Crippen LogP contribution in [0.2, 0.25) is 18.1 Å². The number of aliphatic hydroxyl groups excluding tert-OH is 1. The third-order valence-corrected chi connectivity index (χ3v) is 19.6. The van der Waals surface area contributed by atoms with E-state index in [-0.39, 0.29) is 65.5 Å². The van der Waals surface area contributed by atoms with Crippen molar-refractivity contribution >= 4 is 35.8 Å². The SMILES string of the molecule is CN(C)[C@@H]1c2onc(OCc3ccccc3)c2C(=O)[C@@]2(O[Si](C)(C)C(C)(C)C)C(O)=C3C(=O)c4c(c(F)c(CN5CCCCC5(C)C)c(Br)c4OCc4ccccc4)C[C@H]3C[C@@H]12. The van der Waals surface area contributed by atoms with Crippen LogP contribution in [-0.2, 0) is 30.6 Å². The maximum absolute atomic E-state index is 17.6.